The van der Waals surface area contributed by atoms with Crippen molar-refractivity contribution in [3.8, 4) is 5.75 Å². The predicted octanol–water partition coefficient (Wildman–Crippen LogP) is -1.32. The molecule has 12 heteroatoms. The Balaban J connectivity index is 1.26. The third kappa shape index (κ3) is 4.75. The molecule has 0 spiro atoms. The molecule has 202 valence electrons. The molecule has 12 nitrogen and oxygen atoms in total. The topological polar surface area (TPSA) is 177 Å². The van der Waals surface area contributed by atoms with Gasteiger partial charge >= 0.3 is 5.97 Å². The number of carbonyl (C=O) groups excluding carboxylic acids is 1. The molecule has 0 unspecified atom stereocenters. The first-order valence-electron chi connectivity index (χ1n) is 11.9. The van der Waals surface area contributed by atoms with Crippen molar-refractivity contribution in [1.82, 2.24) is 0 Å². The van der Waals surface area contributed by atoms with Crippen LogP contribution in [0.5, 0.6) is 5.75 Å². The van der Waals surface area contributed by atoms with E-state index in [4.69, 9.17) is 28.4 Å². The smallest absolute Gasteiger partial charge is 0.330 e. The van der Waals surface area contributed by atoms with Gasteiger partial charge in [-0.05, 0) is 29.8 Å². The highest BCUT2D eigenvalue weighted by molar-refractivity contribution is 5.87. The van der Waals surface area contributed by atoms with Crippen molar-refractivity contribution in [1.29, 1.82) is 0 Å². The van der Waals surface area contributed by atoms with Crippen LogP contribution in [0.15, 0.2) is 42.7 Å². The Bertz CT molecular complexity index is 1030. The molecular weight excluding hydrogens is 492 g/mol. The van der Waals surface area contributed by atoms with Gasteiger partial charge in [0.1, 0.15) is 48.5 Å². The van der Waals surface area contributed by atoms with E-state index in [1.807, 2.05) is 0 Å². The number of carbonyl (C=O) groups is 1. The third-order valence-electron chi connectivity index (χ3n) is 7.35. The largest absolute Gasteiger partial charge is 0.497 e. The van der Waals surface area contributed by atoms with Gasteiger partial charge in [-0.15, -0.1) is 0 Å². The van der Waals surface area contributed by atoms with Crippen LogP contribution in [0.2, 0.25) is 0 Å². The summed E-state index contributed by atoms with van der Waals surface area (Å²) < 4.78 is 33.2. The average Bonchev–Trinajstić information content (AvgIpc) is 3.60. The van der Waals surface area contributed by atoms with Crippen molar-refractivity contribution in [3.05, 3.63) is 48.2 Å². The van der Waals surface area contributed by atoms with E-state index in [1.54, 1.807) is 43.5 Å². The van der Waals surface area contributed by atoms with Crippen LogP contribution < -0.4 is 4.74 Å². The summed E-state index contributed by atoms with van der Waals surface area (Å²) in [4.78, 5) is 12.4. The number of epoxide rings is 1. The number of benzene rings is 1. The molecule has 0 amide bonds. The molecule has 5 N–H and O–H groups in total. The summed E-state index contributed by atoms with van der Waals surface area (Å²) in [6.45, 7) is -0.802. The molecule has 1 aliphatic carbocycles. The molecule has 37 heavy (non-hydrogen) atoms. The zero-order valence-corrected chi connectivity index (χ0v) is 19.9. The summed E-state index contributed by atoms with van der Waals surface area (Å²) in [5.41, 5.74) is -0.330. The van der Waals surface area contributed by atoms with Gasteiger partial charge in [0.05, 0.1) is 32.0 Å². The Morgan fingerprint density at radius 2 is 1.81 bits per heavy atom. The van der Waals surface area contributed by atoms with Crippen LogP contribution in [-0.4, -0.2) is 107 Å². The molecule has 1 aromatic carbocycles. The second-order valence-electron chi connectivity index (χ2n) is 9.47. The standard InChI is InChI=1S/C25H30O12/c1-32-13-5-2-12(3-6-13)4-7-16(27)34-11-25-17-14(18(28)22(25)37-25)8-9-33-23(17)36-24-21(31)20(30)19(29)15(10-26)35-24/h2-9,14-15,17-24,26,28-31H,10-11H2,1H3/b7-4-/t14-,15-,17-,18+,19-,20+,21-,22+,23+,24+,25-/m1/s1. The van der Waals surface area contributed by atoms with Gasteiger partial charge in [-0.2, -0.15) is 0 Å². The lowest BCUT2D eigenvalue weighted by Crippen LogP contribution is -2.60. The van der Waals surface area contributed by atoms with E-state index >= 15 is 0 Å². The van der Waals surface area contributed by atoms with Crippen LogP contribution in [0.3, 0.4) is 0 Å². The van der Waals surface area contributed by atoms with Gasteiger partial charge < -0.3 is 54.0 Å². The van der Waals surface area contributed by atoms with Crippen molar-refractivity contribution in [2.75, 3.05) is 20.3 Å². The molecule has 1 saturated carbocycles. The van der Waals surface area contributed by atoms with Gasteiger partial charge in [0, 0.05) is 12.0 Å². The lowest BCUT2D eigenvalue weighted by Gasteiger charge is -2.43. The van der Waals surface area contributed by atoms with Crippen LogP contribution in [0.1, 0.15) is 5.56 Å². The Morgan fingerprint density at radius 3 is 2.51 bits per heavy atom. The molecule has 11 atom stereocenters. The third-order valence-corrected chi connectivity index (χ3v) is 7.35. The second kappa shape index (κ2) is 10.3. The number of aliphatic hydroxyl groups is 5. The van der Waals surface area contributed by atoms with E-state index in [0.717, 1.165) is 5.56 Å². The fourth-order valence-corrected chi connectivity index (χ4v) is 5.27. The Morgan fingerprint density at radius 1 is 1.05 bits per heavy atom. The Hall–Kier alpha value is -2.55. The monoisotopic (exact) mass is 522 g/mol. The zero-order valence-electron chi connectivity index (χ0n) is 19.9. The number of fused-ring (bicyclic) bond motifs is 3. The van der Waals surface area contributed by atoms with E-state index in [2.05, 4.69) is 0 Å². The zero-order chi connectivity index (χ0) is 26.3. The molecule has 3 heterocycles. The minimum Gasteiger partial charge on any atom is -0.497 e. The van der Waals surface area contributed by atoms with Crippen LogP contribution in [-0.2, 0) is 28.5 Å². The lowest BCUT2D eigenvalue weighted by molar-refractivity contribution is -0.344. The summed E-state index contributed by atoms with van der Waals surface area (Å²) in [6, 6.07) is 7.09. The van der Waals surface area contributed by atoms with Crippen molar-refractivity contribution < 1.29 is 58.7 Å². The van der Waals surface area contributed by atoms with Gasteiger partial charge in [-0.3, -0.25) is 0 Å². The quantitative estimate of drug-likeness (QED) is 0.155. The van der Waals surface area contributed by atoms with Gasteiger partial charge in [-0.1, -0.05) is 12.1 Å². The maximum absolute atomic E-state index is 12.4. The number of aliphatic hydroxyl groups excluding tert-OH is 5. The molecule has 2 saturated heterocycles. The van der Waals surface area contributed by atoms with Crippen molar-refractivity contribution in [2.45, 2.75) is 54.8 Å². The Kier molecular flexibility index (Phi) is 7.27. The first kappa shape index (κ1) is 26.1. The number of hydrogen-bond acceptors (Lipinski definition) is 12. The number of hydrogen-bond donors (Lipinski definition) is 5. The molecule has 3 fully saturated rings. The number of esters is 1. The molecule has 0 bridgehead atoms. The van der Waals surface area contributed by atoms with Crippen LogP contribution in [0.25, 0.3) is 6.08 Å². The summed E-state index contributed by atoms with van der Waals surface area (Å²) >= 11 is 0. The van der Waals surface area contributed by atoms with Crippen LogP contribution >= 0.6 is 0 Å². The summed E-state index contributed by atoms with van der Waals surface area (Å²) in [6.07, 6.45) is -4.21. The molecule has 4 aliphatic rings. The normalized spacial score (nSPS) is 42.1. The fraction of sp³-hybridized carbons (Fsp3) is 0.560. The van der Waals surface area contributed by atoms with Gasteiger partial charge in [-0.25, -0.2) is 4.79 Å². The average molecular weight is 523 g/mol. The van der Waals surface area contributed by atoms with E-state index in [-0.39, 0.29) is 6.61 Å². The minimum atomic E-state index is -1.63. The minimum absolute atomic E-state index is 0.187. The van der Waals surface area contributed by atoms with Gasteiger partial charge in [0.15, 0.2) is 6.29 Å². The maximum Gasteiger partial charge on any atom is 0.330 e. The summed E-state index contributed by atoms with van der Waals surface area (Å²) in [7, 11) is 1.56. The highest BCUT2D eigenvalue weighted by Crippen LogP contribution is 2.60. The highest BCUT2D eigenvalue weighted by Gasteiger charge is 2.76. The second-order valence-corrected chi connectivity index (χ2v) is 9.47. The van der Waals surface area contributed by atoms with E-state index in [9.17, 15) is 30.3 Å². The van der Waals surface area contributed by atoms with Crippen molar-refractivity contribution >= 4 is 12.0 Å². The molecule has 0 aromatic heterocycles. The molecule has 3 aliphatic heterocycles. The van der Waals surface area contributed by atoms with Crippen molar-refractivity contribution in [2.24, 2.45) is 11.8 Å². The lowest BCUT2D eigenvalue weighted by atomic mass is 9.85. The van der Waals surface area contributed by atoms with Crippen LogP contribution in [0, 0.1) is 11.8 Å². The summed E-state index contributed by atoms with van der Waals surface area (Å²) in [5, 5.41) is 50.6. The van der Waals surface area contributed by atoms with Crippen LogP contribution in [0.4, 0.5) is 0 Å². The highest BCUT2D eigenvalue weighted by atomic mass is 16.8. The number of methoxy groups -OCH3 is 1. The van der Waals surface area contributed by atoms with E-state index in [1.165, 1.54) is 12.3 Å². The van der Waals surface area contributed by atoms with E-state index in [0.29, 0.717) is 5.75 Å². The molecule has 1 aromatic rings. The molecule has 5 rings (SSSR count). The maximum atomic E-state index is 12.4. The van der Waals surface area contributed by atoms with Gasteiger partial charge in [0.25, 0.3) is 0 Å². The molecule has 0 radical (unpaired) electrons. The first-order valence-corrected chi connectivity index (χ1v) is 11.9. The Labute approximate surface area is 212 Å². The van der Waals surface area contributed by atoms with Crippen molar-refractivity contribution in [3.63, 3.8) is 0 Å². The summed E-state index contributed by atoms with van der Waals surface area (Å²) in [5.74, 6) is -1.04. The number of rotatable bonds is 8. The number of ether oxygens (including phenoxy) is 6. The predicted molar refractivity (Wildman–Crippen MR) is 122 cm³/mol. The van der Waals surface area contributed by atoms with Gasteiger partial charge in [0.2, 0.25) is 6.29 Å². The first-order chi connectivity index (χ1) is 17.8. The molecular formula is C25H30O12. The fourth-order valence-electron chi connectivity index (χ4n) is 5.27. The van der Waals surface area contributed by atoms with E-state index < -0.39 is 79.2 Å². The SMILES string of the molecule is COc1ccc(/C=C\C(=O)OC[C@]23O[C@H]2[C@@H](O)[C@@H]2C=CO[C@@H](O[C@@H]4O[C@H](CO)[C@@H](O)[C@H](O)[C@H]4O)[C@@H]23)cc1.